The highest BCUT2D eigenvalue weighted by atomic mass is 32.2. The van der Waals surface area contributed by atoms with Gasteiger partial charge in [0.15, 0.2) is 5.11 Å². The van der Waals surface area contributed by atoms with Gasteiger partial charge in [-0.05, 0) is 86.2 Å². The number of anilines is 2. The van der Waals surface area contributed by atoms with E-state index < -0.39 is 10.0 Å². The van der Waals surface area contributed by atoms with E-state index in [9.17, 15) is 12.8 Å². The molecule has 2 aromatic carbocycles. The first kappa shape index (κ1) is 26.6. The second-order valence-electron chi connectivity index (χ2n) is 9.39. The van der Waals surface area contributed by atoms with Gasteiger partial charge < -0.3 is 19.5 Å². The summed E-state index contributed by atoms with van der Waals surface area (Å²) in [6.07, 6.45) is 2.83. The molecule has 11 heteroatoms. The first-order valence-electron chi connectivity index (χ1n) is 12.2. The van der Waals surface area contributed by atoms with Gasteiger partial charge in [0.25, 0.3) is 0 Å². The lowest BCUT2D eigenvalue weighted by Gasteiger charge is -2.29. The van der Waals surface area contributed by atoms with Crippen molar-refractivity contribution in [2.45, 2.75) is 25.9 Å². The first-order chi connectivity index (χ1) is 18.6. The van der Waals surface area contributed by atoms with Crippen LogP contribution in [0.25, 0.3) is 5.69 Å². The van der Waals surface area contributed by atoms with Gasteiger partial charge in [0.2, 0.25) is 10.0 Å². The van der Waals surface area contributed by atoms with Gasteiger partial charge in [-0.25, -0.2) is 12.8 Å². The molecular formula is C28H28FN5O3S2. The van der Waals surface area contributed by atoms with Crippen LogP contribution in [0.2, 0.25) is 0 Å². The highest BCUT2D eigenvalue weighted by molar-refractivity contribution is 7.92. The Morgan fingerprint density at radius 2 is 1.77 bits per heavy atom. The summed E-state index contributed by atoms with van der Waals surface area (Å²) in [7, 11) is -2.02. The van der Waals surface area contributed by atoms with Crippen LogP contribution in [-0.4, -0.2) is 36.4 Å². The molecule has 1 aliphatic heterocycles. The Kier molecular flexibility index (Phi) is 7.04. The third-order valence-corrected chi connectivity index (χ3v) is 7.64. The maximum Gasteiger partial charge on any atom is 0.229 e. The number of hydrogen-bond acceptors (Lipinski definition) is 5. The van der Waals surface area contributed by atoms with E-state index in [0.29, 0.717) is 16.5 Å². The fourth-order valence-corrected chi connectivity index (χ4v) is 6.05. The Bertz CT molecular complexity index is 1640. The van der Waals surface area contributed by atoms with Crippen molar-refractivity contribution in [1.29, 1.82) is 0 Å². The summed E-state index contributed by atoms with van der Waals surface area (Å²) >= 11 is 5.85. The topological polar surface area (TPSA) is 88.5 Å². The largest absolute Gasteiger partial charge is 0.494 e. The highest BCUT2D eigenvalue weighted by Gasteiger charge is 2.42. The zero-order chi connectivity index (χ0) is 27.9. The number of methoxy groups -OCH3 is 1. The summed E-state index contributed by atoms with van der Waals surface area (Å²) in [6, 6.07) is 18.9. The van der Waals surface area contributed by atoms with Gasteiger partial charge in [-0.1, -0.05) is 6.07 Å². The molecule has 4 aromatic rings. The number of aromatic nitrogens is 2. The normalized spacial score (nSPS) is 17.3. The SMILES string of the molecule is COc1cc(N2C(=S)N[C@@H](c3ccccn3)[C@@H]2c2cc(C)n(-c3ccc(F)cc3)c2C)ccc1NS(C)(=O)=O. The van der Waals surface area contributed by atoms with Crippen molar-refractivity contribution in [2.75, 3.05) is 23.0 Å². The fraction of sp³-hybridized carbons (Fsp3) is 0.214. The molecular weight excluding hydrogens is 537 g/mol. The van der Waals surface area contributed by atoms with Crippen LogP contribution < -0.4 is 19.7 Å². The molecule has 1 aliphatic rings. The molecule has 0 amide bonds. The Hall–Kier alpha value is -3.96. The second kappa shape index (κ2) is 10.3. The van der Waals surface area contributed by atoms with Crippen molar-refractivity contribution in [3.05, 3.63) is 101 Å². The molecule has 0 bridgehead atoms. The lowest BCUT2D eigenvalue weighted by molar-refractivity contribution is 0.417. The minimum absolute atomic E-state index is 0.277. The van der Waals surface area contributed by atoms with Gasteiger partial charge >= 0.3 is 0 Å². The van der Waals surface area contributed by atoms with E-state index in [1.54, 1.807) is 36.5 Å². The lowest BCUT2D eigenvalue weighted by atomic mass is 9.96. The molecule has 0 radical (unpaired) electrons. The summed E-state index contributed by atoms with van der Waals surface area (Å²) in [5.41, 5.74) is 5.69. The Balaban J connectivity index is 1.66. The van der Waals surface area contributed by atoms with E-state index in [1.165, 1.54) is 19.2 Å². The van der Waals surface area contributed by atoms with Gasteiger partial charge in [-0.15, -0.1) is 0 Å². The van der Waals surface area contributed by atoms with Gasteiger partial charge in [-0.3, -0.25) is 9.71 Å². The average Bonchev–Trinajstić information content (AvgIpc) is 3.39. The molecule has 2 atom stereocenters. The Morgan fingerprint density at radius 1 is 1.05 bits per heavy atom. The number of ether oxygens (including phenoxy) is 1. The molecule has 8 nitrogen and oxygen atoms in total. The molecule has 3 heterocycles. The van der Waals surface area contributed by atoms with Crippen molar-refractivity contribution in [3.8, 4) is 11.4 Å². The standard InChI is InChI=1S/C28H28FN5O3S2/c1-17-15-22(18(2)33(17)20-10-8-19(29)9-11-20)27-26(24-7-5-6-14-30-24)31-28(38)34(27)21-12-13-23(25(16-21)37-3)32-39(4,35)36/h5-16,26-27,32H,1-4H3,(H,31,38)/t26-,27-/m0/s1. The summed E-state index contributed by atoms with van der Waals surface area (Å²) in [4.78, 5) is 6.61. The molecule has 202 valence electrons. The number of pyridine rings is 1. The number of aryl methyl sites for hydroxylation is 1. The number of rotatable bonds is 7. The van der Waals surface area contributed by atoms with Crippen molar-refractivity contribution >= 4 is 38.7 Å². The predicted molar refractivity (Wildman–Crippen MR) is 155 cm³/mol. The summed E-state index contributed by atoms with van der Waals surface area (Å²) < 4.78 is 47.5. The summed E-state index contributed by atoms with van der Waals surface area (Å²) in [6.45, 7) is 4.04. The summed E-state index contributed by atoms with van der Waals surface area (Å²) in [5.74, 6) is 0.0634. The number of nitrogens with one attached hydrogen (secondary N) is 2. The molecule has 1 fully saturated rings. The van der Waals surface area contributed by atoms with E-state index in [1.807, 2.05) is 36.9 Å². The maximum absolute atomic E-state index is 13.7. The quantitative estimate of drug-likeness (QED) is 0.298. The second-order valence-corrected chi connectivity index (χ2v) is 11.5. The van der Waals surface area contributed by atoms with Gasteiger partial charge in [-0.2, -0.15) is 0 Å². The van der Waals surface area contributed by atoms with E-state index in [2.05, 4.69) is 25.7 Å². The number of nitrogens with zero attached hydrogens (tertiary/aromatic N) is 3. The number of sulfonamides is 1. The van der Waals surface area contributed by atoms with E-state index in [4.69, 9.17) is 17.0 Å². The third kappa shape index (κ3) is 5.19. The molecule has 0 saturated carbocycles. The van der Waals surface area contributed by atoms with Crippen LogP contribution >= 0.6 is 12.2 Å². The van der Waals surface area contributed by atoms with Crippen LogP contribution in [0.1, 0.15) is 34.7 Å². The minimum atomic E-state index is -3.50. The highest BCUT2D eigenvalue weighted by Crippen LogP contribution is 2.45. The van der Waals surface area contributed by atoms with Gasteiger partial charge in [0, 0.05) is 35.0 Å². The van der Waals surface area contributed by atoms with Gasteiger partial charge in [0.1, 0.15) is 11.6 Å². The fourth-order valence-electron chi connectivity index (χ4n) is 5.14. The number of halogens is 1. The molecule has 5 rings (SSSR count). The molecule has 0 spiro atoms. The van der Waals surface area contributed by atoms with Crippen LogP contribution in [0.4, 0.5) is 15.8 Å². The van der Waals surface area contributed by atoms with Crippen molar-refractivity contribution in [3.63, 3.8) is 0 Å². The zero-order valence-electron chi connectivity index (χ0n) is 21.8. The predicted octanol–water partition coefficient (Wildman–Crippen LogP) is 5.19. The molecule has 2 aromatic heterocycles. The first-order valence-corrected chi connectivity index (χ1v) is 14.5. The average molecular weight is 566 g/mol. The molecule has 1 saturated heterocycles. The van der Waals surface area contributed by atoms with Gasteiger partial charge in [0.05, 0.1) is 36.8 Å². The molecule has 2 N–H and O–H groups in total. The van der Waals surface area contributed by atoms with Crippen molar-refractivity contribution in [2.24, 2.45) is 0 Å². The van der Waals surface area contributed by atoms with Crippen molar-refractivity contribution in [1.82, 2.24) is 14.9 Å². The monoisotopic (exact) mass is 565 g/mol. The Morgan fingerprint density at radius 3 is 2.41 bits per heavy atom. The van der Waals surface area contributed by atoms with E-state index in [0.717, 1.165) is 40.3 Å². The zero-order valence-corrected chi connectivity index (χ0v) is 23.5. The molecule has 0 aliphatic carbocycles. The van der Waals surface area contributed by atoms with Crippen molar-refractivity contribution < 1.29 is 17.5 Å². The van der Waals surface area contributed by atoms with Crippen LogP contribution in [0.5, 0.6) is 5.75 Å². The number of thiocarbonyl (C=S) groups is 1. The Labute approximate surface area is 232 Å². The van der Waals surface area contributed by atoms with E-state index in [-0.39, 0.29) is 17.9 Å². The number of benzene rings is 2. The molecule has 39 heavy (non-hydrogen) atoms. The van der Waals surface area contributed by atoms with Crippen LogP contribution in [-0.2, 0) is 10.0 Å². The number of hydrogen-bond donors (Lipinski definition) is 2. The lowest BCUT2D eigenvalue weighted by Crippen LogP contribution is -2.29. The van der Waals surface area contributed by atoms with Crippen LogP contribution in [0, 0.1) is 19.7 Å². The van der Waals surface area contributed by atoms with E-state index >= 15 is 0 Å². The molecule has 0 unspecified atom stereocenters. The minimum Gasteiger partial charge on any atom is -0.494 e. The smallest absolute Gasteiger partial charge is 0.229 e. The maximum atomic E-state index is 13.7. The summed E-state index contributed by atoms with van der Waals surface area (Å²) in [5, 5.41) is 3.94. The van der Waals surface area contributed by atoms with Crippen LogP contribution in [0.3, 0.4) is 0 Å². The van der Waals surface area contributed by atoms with Crippen LogP contribution in [0.15, 0.2) is 72.9 Å². The third-order valence-electron chi connectivity index (χ3n) is 6.73.